The second-order valence-electron chi connectivity index (χ2n) is 7.00. The van der Waals surface area contributed by atoms with Crippen LogP contribution in [0, 0.1) is 0 Å². The van der Waals surface area contributed by atoms with E-state index in [1.54, 1.807) is 11.0 Å². The van der Waals surface area contributed by atoms with Crippen molar-refractivity contribution in [3.63, 3.8) is 0 Å². The first-order chi connectivity index (χ1) is 12.7. The summed E-state index contributed by atoms with van der Waals surface area (Å²) in [6.45, 7) is 4.03. The summed E-state index contributed by atoms with van der Waals surface area (Å²) in [4.78, 5) is 35.5. The molecule has 6 heteroatoms. The van der Waals surface area contributed by atoms with Gasteiger partial charge in [-0.2, -0.15) is 0 Å². The molecule has 0 saturated carbocycles. The van der Waals surface area contributed by atoms with Crippen LogP contribution in [0.4, 0.5) is 4.79 Å². The number of carbonyl (C=O) groups excluding carboxylic acids is 2. The zero-order valence-electron chi connectivity index (χ0n) is 14.9. The van der Waals surface area contributed by atoms with E-state index in [9.17, 15) is 9.59 Å². The van der Waals surface area contributed by atoms with Crippen molar-refractivity contribution in [3.8, 4) is 0 Å². The van der Waals surface area contributed by atoms with Crippen LogP contribution in [0.25, 0.3) is 10.9 Å². The molecule has 26 heavy (non-hydrogen) atoms. The van der Waals surface area contributed by atoms with Crippen LogP contribution < -0.4 is 0 Å². The molecule has 2 aromatic rings. The first kappa shape index (κ1) is 16.8. The minimum absolute atomic E-state index is 0.0548. The zero-order chi connectivity index (χ0) is 17.9. The maximum absolute atomic E-state index is 12.8. The molecule has 3 amide bonds. The van der Waals surface area contributed by atoms with Crippen LogP contribution in [-0.2, 0) is 0 Å². The lowest BCUT2D eigenvalue weighted by molar-refractivity contribution is 0.0628. The molecule has 0 atom stereocenters. The molecular formula is C20H24N4O2. The maximum Gasteiger partial charge on any atom is 0.320 e. The Morgan fingerprint density at radius 1 is 0.731 bits per heavy atom. The van der Waals surface area contributed by atoms with E-state index in [1.165, 1.54) is 6.42 Å². The molecule has 0 bridgehead atoms. The predicted octanol–water partition coefficient (Wildman–Crippen LogP) is 2.60. The number of hydrogen-bond acceptors (Lipinski definition) is 3. The molecule has 0 N–H and O–H groups in total. The second-order valence-corrected chi connectivity index (χ2v) is 7.00. The van der Waals surface area contributed by atoms with Gasteiger partial charge in [0, 0.05) is 44.7 Å². The minimum atomic E-state index is -0.0548. The average molecular weight is 352 g/mol. The number of amides is 3. The summed E-state index contributed by atoms with van der Waals surface area (Å²) in [5, 5.41) is 1.03. The van der Waals surface area contributed by atoms with E-state index >= 15 is 0 Å². The summed E-state index contributed by atoms with van der Waals surface area (Å²) in [6.07, 6.45) is 3.40. The van der Waals surface area contributed by atoms with Gasteiger partial charge in [-0.05, 0) is 31.4 Å². The van der Waals surface area contributed by atoms with Gasteiger partial charge in [-0.15, -0.1) is 0 Å². The number of fused-ring (bicyclic) bond motifs is 1. The molecule has 1 aromatic heterocycles. The Balaban J connectivity index is 1.39. The molecule has 0 radical (unpaired) electrons. The fourth-order valence-corrected chi connectivity index (χ4v) is 3.73. The molecule has 2 aliphatic heterocycles. The van der Waals surface area contributed by atoms with Gasteiger partial charge in [0.05, 0.1) is 5.52 Å². The summed E-state index contributed by atoms with van der Waals surface area (Å²) in [5.41, 5.74) is 1.30. The summed E-state index contributed by atoms with van der Waals surface area (Å²) < 4.78 is 0. The predicted molar refractivity (Wildman–Crippen MR) is 100 cm³/mol. The Hall–Kier alpha value is -2.63. The van der Waals surface area contributed by atoms with Crippen LogP contribution in [0.5, 0.6) is 0 Å². The highest BCUT2D eigenvalue weighted by atomic mass is 16.2. The molecule has 3 heterocycles. The quantitative estimate of drug-likeness (QED) is 0.793. The Kier molecular flexibility index (Phi) is 4.73. The van der Waals surface area contributed by atoms with E-state index in [-0.39, 0.29) is 11.9 Å². The van der Waals surface area contributed by atoms with Gasteiger partial charge in [0.15, 0.2) is 0 Å². The molecule has 136 valence electrons. The number of rotatable bonds is 1. The van der Waals surface area contributed by atoms with Crippen LogP contribution >= 0.6 is 0 Å². The first-order valence-corrected chi connectivity index (χ1v) is 9.41. The molecule has 0 aliphatic carbocycles. The Bertz CT molecular complexity index is 808. The van der Waals surface area contributed by atoms with Crippen molar-refractivity contribution in [1.29, 1.82) is 0 Å². The minimum Gasteiger partial charge on any atom is -0.334 e. The highest BCUT2D eigenvalue weighted by molar-refractivity contribution is 5.95. The van der Waals surface area contributed by atoms with Crippen molar-refractivity contribution in [2.45, 2.75) is 19.3 Å². The van der Waals surface area contributed by atoms with Gasteiger partial charge in [-0.25, -0.2) is 9.78 Å². The van der Waals surface area contributed by atoms with Crippen molar-refractivity contribution in [2.24, 2.45) is 0 Å². The van der Waals surface area contributed by atoms with Crippen molar-refractivity contribution < 1.29 is 9.59 Å². The lowest BCUT2D eigenvalue weighted by atomic mass is 10.1. The van der Waals surface area contributed by atoms with Gasteiger partial charge in [-0.3, -0.25) is 4.79 Å². The fourth-order valence-electron chi connectivity index (χ4n) is 3.73. The number of piperidine rings is 1. The molecule has 2 aliphatic rings. The third-order valence-corrected chi connectivity index (χ3v) is 5.28. The lowest BCUT2D eigenvalue weighted by Crippen LogP contribution is -2.54. The standard InChI is InChI=1S/C20H24N4O2/c25-19(18-9-8-16-6-2-3-7-17(16)21-18)22-12-14-24(15-13-22)20(26)23-10-4-1-5-11-23/h2-3,6-9H,1,4-5,10-15H2. The normalized spacial score (nSPS) is 18.2. The third-order valence-electron chi connectivity index (χ3n) is 5.28. The molecule has 6 nitrogen and oxygen atoms in total. The van der Waals surface area contributed by atoms with E-state index in [2.05, 4.69) is 4.98 Å². The SMILES string of the molecule is O=C(c1ccc2ccccc2n1)N1CCN(C(=O)N2CCCCC2)CC1. The number of aromatic nitrogens is 1. The Morgan fingerprint density at radius 2 is 1.38 bits per heavy atom. The van der Waals surface area contributed by atoms with Gasteiger partial charge in [0.1, 0.15) is 5.69 Å². The van der Waals surface area contributed by atoms with E-state index in [4.69, 9.17) is 0 Å². The smallest absolute Gasteiger partial charge is 0.320 e. The van der Waals surface area contributed by atoms with Crippen LogP contribution in [-0.4, -0.2) is 70.9 Å². The molecule has 0 unspecified atom stereocenters. The van der Waals surface area contributed by atoms with Crippen LogP contribution in [0.1, 0.15) is 29.8 Å². The Labute approximate surface area is 153 Å². The third kappa shape index (κ3) is 3.36. The van der Waals surface area contributed by atoms with E-state index in [1.807, 2.05) is 40.1 Å². The number of hydrogen-bond donors (Lipinski definition) is 0. The first-order valence-electron chi connectivity index (χ1n) is 9.41. The molecule has 2 fully saturated rings. The largest absolute Gasteiger partial charge is 0.334 e. The lowest BCUT2D eigenvalue weighted by Gasteiger charge is -2.38. The molecule has 0 spiro atoms. The number of carbonyl (C=O) groups is 2. The highest BCUT2D eigenvalue weighted by Crippen LogP contribution is 2.16. The van der Waals surface area contributed by atoms with Gasteiger partial charge in [0.2, 0.25) is 0 Å². The molecule has 2 saturated heterocycles. The second kappa shape index (κ2) is 7.32. The molecule has 4 rings (SSSR count). The van der Waals surface area contributed by atoms with Gasteiger partial charge in [0.25, 0.3) is 5.91 Å². The van der Waals surface area contributed by atoms with Gasteiger partial charge < -0.3 is 14.7 Å². The Morgan fingerprint density at radius 3 is 2.15 bits per heavy atom. The number of nitrogens with zero attached hydrogens (tertiary/aromatic N) is 4. The topological polar surface area (TPSA) is 56.8 Å². The maximum atomic E-state index is 12.8. The van der Waals surface area contributed by atoms with Crippen molar-refractivity contribution >= 4 is 22.8 Å². The average Bonchev–Trinajstić information content (AvgIpc) is 2.73. The van der Waals surface area contributed by atoms with Crippen molar-refractivity contribution in [1.82, 2.24) is 19.7 Å². The van der Waals surface area contributed by atoms with E-state index in [0.29, 0.717) is 31.9 Å². The van der Waals surface area contributed by atoms with Gasteiger partial charge >= 0.3 is 6.03 Å². The van der Waals surface area contributed by atoms with Crippen molar-refractivity contribution in [3.05, 3.63) is 42.1 Å². The number of piperazine rings is 1. The number of para-hydroxylation sites is 1. The highest BCUT2D eigenvalue weighted by Gasteiger charge is 2.28. The number of pyridine rings is 1. The van der Waals surface area contributed by atoms with Crippen LogP contribution in [0.2, 0.25) is 0 Å². The molecular weight excluding hydrogens is 328 g/mol. The number of benzene rings is 1. The number of urea groups is 1. The summed E-state index contributed by atoms with van der Waals surface area (Å²) in [6, 6.07) is 11.6. The van der Waals surface area contributed by atoms with Gasteiger partial charge in [-0.1, -0.05) is 24.3 Å². The molecule has 1 aromatic carbocycles. The number of likely N-dealkylation sites (tertiary alicyclic amines) is 1. The zero-order valence-corrected chi connectivity index (χ0v) is 14.9. The monoisotopic (exact) mass is 352 g/mol. The summed E-state index contributed by atoms with van der Waals surface area (Å²) in [5.74, 6) is -0.0548. The summed E-state index contributed by atoms with van der Waals surface area (Å²) >= 11 is 0. The summed E-state index contributed by atoms with van der Waals surface area (Å²) in [7, 11) is 0. The van der Waals surface area contributed by atoms with E-state index in [0.717, 1.165) is 36.8 Å². The van der Waals surface area contributed by atoms with E-state index < -0.39 is 0 Å². The van der Waals surface area contributed by atoms with Crippen molar-refractivity contribution in [2.75, 3.05) is 39.3 Å². The van der Waals surface area contributed by atoms with Crippen LogP contribution in [0.15, 0.2) is 36.4 Å². The fraction of sp³-hybridized carbons (Fsp3) is 0.450. The van der Waals surface area contributed by atoms with Crippen LogP contribution in [0.3, 0.4) is 0 Å².